The summed E-state index contributed by atoms with van der Waals surface area (Å²) in [4.78, 5) is 28.3. The number of carbonyl (C=O) groups is 2. The first kappa shape index (κ1) is 30.0. The number of hydrogen-bond donors (Lipinski definition) is 1. The van der Waals surface area contributed by atoms with Crippen molar-refractivity contribution in [2.75, 3.05) is 18.0 Å². The van der Waals surface area contributed by atoms with Crippen molar-refractivity contribution in [2.24, 2.45) is 0 Å². The number of para-hydroxylation sites is 2. The van der Waals surface area contributed by atoms with E-state index in [4.69, 9.17) is 16.3 Å². The molecule has 0 aliphatic rings. The molecule has 3 aromatic rings. The molecule has 0 aromatic heterocycles. The first-order chi connectivity index (χ1) is 18.4. The number of hydrogen-bond acceptors (Lipinski definition) is 5. The summed E-state index contributed by atoms with van der Waals surface area (Å²) in [6.45, 7) is 6.65. The minimum atomic E-state index is -4.19. The zero-order chi connectivity index (χ0) is 28.7. The number of methoxy groups -OCH3 is 1. The molecule has 3 rings (SSSR count). The number of sulfonamides is 1. The smallest absolute Gasteiger partial charge is 0.264 e. The van der Waals surface area contributed by atoms with Gasteiger partial charge in [-0.25, -0.2) is 8.42 Å². The standard InChI is InChI=1S/C29H34ClN3O5S/c1-20(2)31-29(35)22(4)32(18-23-12-14-24(30)15-13-23)28(34)19-33(26-8-6-7-9-27(26)38-5)39(36,37)25-16-10-21(3)11-17-25/h6-17,20,22H,18-19H2,1-5H3,(H,31,35)/t22-/m1/s1. The summed E-state index contributed by atoms with van der Waals surface area (Å²) in [5.41, 5.74) is 1.84. The van der Waals surface area contributed by atoms with Crippen LogP contribution in [0.25, 0.3) is 0 Å². The lowest BCUT2D eigenvalue weighted by Crippen LogP contribution is -2.52. The second-order valence-corrected chi connectivity index (χ2v) is 11.8. The van der Waals surface area contributed by atoms with Crippen molar-refractivity contribution in [1.29, 1.82) is 0 Å². The molecule has 208 valence electrons. The molecule has 39 heavy (non-hydrogen) atoms. The third kappa shape index (κ3) is 7.52. The molecule has 10 heteroatoms. The number of carbonyl (C=O) groups excluding carboxylic acids is 2. The summed E-state index contributed by atoms with van der Waals surface area (Å²) in [6, 6.07) is 18.9. The molecule has 1 atom stereocenters. The lowest BCUT2D eigenvalue weighted by Gasteiger charge is -2.32. The van der Waals surface area contributed by atoms with Crippen molar-refractivity contribution >= 4 is 39.1 Å². The Morgan fingerprint density at radius 3 is 2.15 bits per heavy atom. The van der Waals surface area contributed by atoms with Crippen LogP contribution >= 0.6 is 11.6 Å². The highest BCUT2D eigenvalue weighted by Gasteiger charge is 2.33. The first-order valence-electron chi connectivity index (χ1n) is 12.5. The molecule has 0 radical (unpaired) electrons. The quantitative estimate of drug-likeness (QED) is 0.357. The number of nitrogens with zero attached hydrogens (tertiary/aromatic N) is 2. The minimum Gasteiger partial charge on any atom is -0.495 e. The molecular weight excluding hydrogens is 538 g/mol. The number of ether oxygens (including phenoxy) is 1. The zero-order valence-electron chi connectivity index (χ0n) is 22.7. The van der Waals surface area contributed by atoms with E-state index in [-0.39, 0.29) is 34.8 Å². The van der Waals surface area contributed by atoms with E-state index in [2.05, 4.69) is 5.32 Å². The maximum atomic E-state index is 13.9. The van der Waals surface area contributed by atoms with Gasteiger partial charge in [0.1, 0.15) is 18.3 Å². The predicted molar refractivity (Wildman–Crippen MR) is 153 cm³/mol. The van der Waals surface area contributed by atoms with Gasteiger partial charge in [-0.15, -0.1) is 0 Å². The Morgan fingerprint density at radius 1 is 0.949 bits per heavy atom. The molecule has 0 bridgehead atoms. The average molecular weight is 572 g/mol. The summed E-state index contributed by atoms with van der Waals surface area (Å²) in [6.07, 6.45) is 0. The number of halogens is 1. The van der Waals surface area contributed by atoms with Gasteiger partial charge in [0.25, 0.3) is 10.0 Å². The Bertz CT molecular complexity index is 1390. The van der Waals surface area contributed by atoms with E-state index < -0.39 is 28.5 Å². The summed E-state index contributed by atoms with van der Waals surface area (Å²) < 4.78 is 34.3. The molecule has 0 aliphatic carbocycles. The number of rotatable bonds is 11. The van der Waals surface area contributed by atoms with Crippen LogP contribution in [0.2, 0.25) is 5.02 Å². The van der Waals surface area contributed by atoms with Crippen molar-refractivity contribution in [1.82, 2.24) is 10.2 Å². The van der Waals surface area contributed by atoms with Crippen LogP contribution in [0.4, 0.5) is 5.69 Å². The van der Waals surface area contributed by atoms with Crippen LogP contribution in [0.3, 0.4) is 0 Å². The Balaban J connectivity index is 2.06. The van der Waals surface area contributed by atoms with Crippen molar-refractivity contribution < 1.29 is 22.7 Å². The fraction of sp³-hybridized carbons (Fsp3) is 0.310. The van der Waals surface area contributed by atoms with Gasteiger partial charge in [0, 0.05) is 17.6 Å². The average Bonchev–Trinajstić information content (AvgIpc) is 2.90. The van der Waals surface area contributed by atoms with E-state index >= 15 is 0 Å². The molecule has 0 aliphatic heterocycles. The van der Waals surface area contributed by atoms with E-state index in [1.165, 1.54) is 24.1 Å². The fourth-order valence-corrected chi connectivity index (χ4v) is 5.51. The molecule has 8 nitrogen and oxygen atoms in total. The third-order valence-electron chi connectivity index (χ3n) is 6.11. The lowest BCUT2D eigenvalue weighted by molar-refractivity contribution is -0.139. The molecule has 0 fully saturated rings. The van der Waals surface area contributed by atoms with Gasteiger partial charge in [0.2, 0.25) is 11.8 Å². The Morgan fingerprint density at radius 2 is 1.56 bits per heavy atom. The van der Waals surface area contributed by atoms with Crippen LogP contribution in [-0.4, -0.2) is 50.9 Å². The van der Waals surface area contributed by atoms with E-state index in [0.29, 0.717) is 5.02 Å². The number of nitrogens with one attached hydrogen (secondary N) is 1. The van der Waals surface area contributed by atoms with Gasteiger partial charge >= 0.3 is 0 Å². The van der Waals surface area contributed by atoms with E-state index in [9.17, 15) is 18.0 Å². The van der Waals surface area contributed by atoms with Crippen LogP contribution in [0.15, 0.2) is 77.7 Å². The summed E-state index contributed by atoms with van der Waals surface area (Å²) in [5, 5.41) is 3.37. The van der Waals surface area contributed by atoms with Gasteiger partial charge in [-0.05, 0) is 69.7 Å². The van der Waals surface area contributed by atoms with Crippen molar-refractivity contribution in [2.45, 2.75) is 51.2 Å². The second-order valence-electron chi connectivity index (χ2n) is 9.48. The van der Waals surface area contributed by atoms with Crippen LogP contribution in [0.5, 0.6) is 5.75 Å². The van der Waals surface area contributed by atoms with E-state index in [1.54, 1.807) is 67.6 Å². The van der Waals surface area contributed by atoms with Crippen LogP contribution in [0.1, 0.15) is 31.9 Å². The van der Waals surface area contributed by atoms with Crippen LogP contribution < -0.4 is 14.4 Å². The summed E-state index contributed by atoms with van der Waals surface area (Å²) in [7, 11) is -2.75. The fourth-order valence-electron chi connectivity index (χ4n) is 3.96. The maximum absolute atomic E-state index is 13.9. The maximum Gasteiger partial charge on any atom is 0.264 e. The molecule has 0 saturated heterocycles. The highest BCUT2D eigenvalue weighted by atomic mass is 35.5. The Hall–Kier alpha value is -3.56. The van der Waals surface area contributed by atoms with Gasteiger partial charge in [-0.3, -0.25) is 13.9 Å². The molecule has 0 spiro atoms. The molecule has 2 amide bonds. The highest BCUT2D eigenvalue weighted by Crippen LogP contribution is 2.32. The monoisotopic (exact) mass is 571 g/mol. The molecule has 3 aromatic carbocycles. The normalized spacial score (nSPS) is 12.1. The number of benzene rings is 3. The number of amides is 2. The Kier molecular flexibility index (Phi) is 9.99. The second kappa shape index (κ2) is 13.0. The van der Waals surface area contributed by atoms with Gasteiger partial charge in [-0.2, -0.15) is 0 Å². The first-order valence-corrected chi connectivity index (χ1v) is 14.3. The lowest BCUT2D eigenvalue weighted by atomic mass is 10.1. The predicted octanol–water partition coefficient (Wildman–Crippen LogP) is 4.79. The van der Waals surface area contributed by atoms with Crippen molar-refractivity contribution in [3.05, 3.63) is 88.9 Å². The summed E-state index contributed by atoms with van der Waals surface area (Å²) >= 11 is 6.03. The molecular formula is C29H34ClN3O5S. The van der Waals surface area contributed by atoms with Gasteiger partial charge in [-0.1, -0.05) is 53.6 Å². The van der Waals surface area contributed by atoms with Crippen molar-refractivity contribution in [3.63, 3.8) is 0 Å². The van der Waals surface area contributed by atoms with Gasteiger partial charge in [0.05, 0.1) is 17.7 Å². The highest BCUT2D eigenvalue weighted by molar-refractivity contribution is 7.92. The summed E-state index contributed by atoms with van der Waals surface area (Å²) in [5.74, 6) is -0.619. The Labute approximate surface area is 235 Å². The van der Waals surface area contributed by atoms with Crippen LogP contribution in [-0.2, 0) is 26.2 Å². The van der Waals surface area contributed by atoms with Crippen LogP contribution in [0, 0.1) is 6.92 Å². The molecule has 1 N–H and O–H groups in total. The molecule has 0 saturated carbocycles. The van der Waals surface area contributed by atoms with Gasteiger partial charge in [0.15, 0.2) is 0 Å². The van der Waals surface area contributed by atoms with E-state index in [1.807, 2.05) is 20.8 Å². The SMILES string of the molecule is COc1ccccc1N(CC(=O)N(Cc1ccc(Cl)cc1)[C@H](C)C(=O)NC(C)C)S(=O)(=O)c1ccc(C)cc1. The van der Waals surface area contributed by atoms with Gasteiger partial charge < -0.3 is 15.0 Å². The molecule has 0 unspecified atom stereocenters. The third-order valence-corrected chi connectivity index (χ3v) is 8.13. The van der Waals surface area contributed by atoms with Crippen molar-refractivity contribution in [3.8, 4) is 5.75 Å². The number of aryl methyl sites for hydroxylation is 1. The topological polar surface area (TPSA) is 96.0 Å². The minimum absolute atomic E-state index is 0.0293. The number of anilines is 1. The largest absolute Gasteiger partial charge is 0.495 e. The van der Waals surface area contributed by atoms with E-state index in [0.717, 1.165) is 15.4 Å². The zero-order valence-corrected chi connectivity index (χ0v) is 24.3. The molecule has 0 heterocycles.